The Kier molecular flexibility index (Phi) is 4.54. The highest BCUT2D eigenvalue weighted by molar-refractivity contribution is 9.09. The lowest BCUT2D eigenvalue weighted by Gasteiger charge is -2.15. The van der Waals surface area contributed by atoms with Crippen molar-refractivity contribution in [1.29, 1.82) is 0 Å². The lowest BCUT2D eigenvalue weighted by atomic mass is 10.0. The van der Waals surface area contributed by atoms with Crippen LogP contribution in [0.3, 0.4) is 0 Å². The number of ketones is 1. The van der Waals surface area contributed by atoms with E-state index in [0.29, 0.717) is 13.0 Å². The number of ether oxygens (including phenoxy) is 1. The summed E-state index contributed by atoms with van der Waals surface area (Å²) in [5.41, 5.74) is -1.01. The van der Waals surface area contributed by atoms with Crippen LogP contribution < -0.4 is 4.74 Å². The lowest BCUT2D eigenvalue weighted by molar-refractivity contribution is -0.274. The Morgan fingerprint density at radius 3 is 2.21 bits per heavy atom. The highest BCUT2D eigenvalue weighted by atomic mass is 79.9. The van der Waals surface area contributed by atoms with Crippen molar-refractivity contribution in [3.8, 4) is 5.75 Å². The van der Waals surface area contributed by atoms with Crippen LogP contribution in [0, 0.1) is 0 Å². The van der Waals surface area contributed by atoms with Crippen LogP contribution in [-0.4, -0.2) is 17.5 Å². The molecule has 0 radical (unpaired) electrons. The van der Waals surface area contributed by atoms with Gasteiger partial charge in [0.1, 0.15) is 5.75 Å². The second-order valence-corrected chi connectivity index (χ2v) is 4.30. The highest BCUT2D eigenvalue weighted by Crippen LogP contribution is 2.33. The summed E-state index contributed by atoms with van der Waals surface area (Å²) in [6.45, 7) is 0.516. The van der Waals surface area contributed by atoms with E-state index in [-0.39, 0.29) is 10.9 Å². The summed E-state index contributed by atoms with van der Waals surface area (Å²) in [7, 11) is 0. The fourth-order valence-electron chi connectivity index (χ4n) is 1.28. The molecule has 0 aliphatic heterocycles. The first kappa shape index (κ1) is 15.9. The molecule has 19 heavy (non-hydrogen) atoms. The molecule has 2 nitrogen and oxygen atoms in total. The number of halogens is 6. The first-order valence-electron chi connectivity index (χ1n) is 4.91. The van der Waals surface area contributed by atoms with Crippen LogP contribution in [0.5, 0.6) is 5.75 Å². The van der Waals surface area contributed by atoms with Gasteiger partial charge in [-0.1, -0.05) is 15.9 Å². The van der Waals surface area contributed by atoms with E-state index < -0.39 is 29.4 Å². The van der Waals surface area contributed by atoms with Crippen LogP contribution >= 0.6 is 15.9 Å². The molecule has 1 aromatic carbocycles. The van der Waals surface area contributed by atoms with E-state index in [1.54, 1.807) is 0 Å². The maximum Gasteiger partial charge on any atom is 0.573 e. The molecule has 0 spiro atoms. The van der Waals surface area contributed by atoms with Crippen molar-refractivity contribution in [1.82, 2.24) is 0 Å². The minimum absolute atomic E-state index is 0.197. The number of carbonyl (C=O) groups excluding carboxylic acids is 1. The molecule has 1 aromatic rings. The van der Waals surface area contributed by atoms with Gasteiger partial charge in [-0.2, -0.15) is 0 Å². The monoisotopic (exact) mass is 346 g/mol. The highest BCUT2D eigenvalue weighted by Gasteiger charge is 2.33. The van der Waals surface area contributed by atoms with Crippen molar-refractivity contribution in [2.75, 3.05) is 5.33 Å². The molecule has 0 heterocycles. The number of benzene rings is 1. The van der Waals surface area contributed by atoms with Crippen molar-refractivity contribution < 1.29 is 31.5 Å². The Bertz CT molecular complexity index is 479. The van der Waals surface area contributed by atoms with E-state index in [1.165, 1.54) is 0 Å². The Hall–Kier alpha value is -1.18. The van der Waals surface area contributed by atoms with Gasteiger partial charge in [0.15, 0.2) is 5.78 Å². The van der Waals surface area contributed by atoms with E-state index in [4.69, 9.17) is 0 Å². The molecule has 0 aromatic heterocycles. The van der Waals surface area contributed by atoms with Gasteiger partial charge in [-0.3, -0.25) is 4.79 Å². The largest absolute Gasteiger partial charge is 0.573 e. The van der Waals surface area contributed by atoms with E-state index in [0.717, 1.165) is 12.1 Å². The van der Waals surface area contributed by atoms with Gasteiger partial charge in [0.25, 0.3) is 5.92 Å². The molecule has 0 amide bonds. The molecule has 0 N–H and O–H groups in total. The molecule has 0 fully saturated rings. The summed E-state index contributed by atoms with van der Waals surface area (Å²) in [5, 5.41) is -0.197. The average molecular weight is 347 g/mol. The number of carbonyl (C=O) groups is 1. The minimum atomic E-state index is -5.02. The SMILES string of the molecule is CC(F)(F)c1cc(OC(F)(F)F)cc(C(=O)CBr)c1. The van der Waals surface area contributed by atoms with Gasteiger partial charge in [0.2, 0.25) is 0 Å². The van der Waals surface area contributed by atoms with Gasteiger partial charge in [-0.25, -0.2) is 8.78 Å². The molecule has 0 atom stereocenters. The van der Waals surface area contributed by atoms with Crippen LogP contribution in [0.15, 0.2) is 18.2 Å². The molecule has 8 heteroatoms. The molecule has 0 aliphatic rings. The average Bonchev–Trinajstić information content (AvgIpc) is 2.24. The normalized spacial score (nSPS) is 12.4. The van der Waals surface area contributed by atoms with E-state index in [9.17, 15) is 26.7 Å². The number of alkyl halides is 6. The summed E-state index contributed by atoms with van der Waals surface area (Å²) in [4.78, 5) is 11.4. The van der Waals surface area contributed by atoms with Crippen LogP contribution in [0.2, 0.25) is 0 Å². The lowest BCUT2D eigenvalue weighted by Crippen LogP contribution is -2.18. The van der Waals surface area contributed by atoms with Crippen molar-refractivity contribution in [3.05, 3.63) is 29.3 Å². The fraction of sp³-hybridized carbons (Fsp3) is 0.364. The number of Topliss-reactive ketones (excluding diaryl/α,β-unsaturated/α-hetero) is 1. The molecule has 0 aliphatic carbocycles. The smallest absolute Gasteiger partial charge is 0.406 e. The third-order valence-electron chi connectivity index (χ3n) is 2.09. The van der Waals surface area contributed by atoms with Crippen LogP contribution in [0.25, 0.3) is 0 Å². The molecular formula is C11H8BrF5O2. The van der Waals surface area contributed by atoms with Crippen molar-refractivity contribution in [3.63, 3.8) is 0 Å². The van der Waals surface area contributed by atoms with E-state index >= 15 is 0 Å². The Morgan fingerprint density at radius 1 is 1.21 bits per heavy atom. The first-order valence-corrected chi connectivity index (χ1v) is 6.03. The zero-order chi connectivity index (χ0) is 14.8. The fourth-order valence-corrected chi connectivity index (χ4v) is 1.61. The third-order valence-corrected chi connectivity index (χ3v) is 2.60. The second-order valence-electron chi connectivity index (χ2n) is 3.74. The summed E-state index contributed by atoms with van der Waals surface area (Å²) in [6, 6.07) is 2.16. The quantitative estimate of drug-likeness (QED) is 0.462. The first-order chi connectivity index (χ1) is 8.53. The van der Waals surface area contributed by atoms with Crippen LogP contribution in [0.4, 0.5) is 22.0 Å². The Morgan fingerprint density at radius 2 is 1.79 bits per heavy atom. The third kappa shape index (κ3) is 4.77. The maximum absolute atomic E-state index is 13.2. The van der Waals surface area contributed by atoms with Gasteiger partial charge in [0.05, 0.1) is 5.33 Å². The Balaban J connectivity index is 3.28. The van der Waals surface area contributed by atoms with Gasteiger partial charge < -0.3 is 4.74 Å². The minimum Gasteiger partial charge on any atom is -0.406 e. The number of hydrogen-bond donors (Lipinski definition) is 0. The van der Waals surface area contributed by atoms with Gasteiger partial charge in [0, 0.05) is 18.1 Å². The molecule has 106 valence electrons. The molecule has 1 rings (SSSR count). The molecule has 0 saturated heterocycles. The molecular weight excluding hydrogens is 339 g/mol. The van der Waals surface area contributed by atoms with Gasteiger partial charge in [-0.05, 0) is 18.2 Å². The molecule has 0 unspecified atom stereocenters. The summed E-state index contributed by atoms with van der Waals surface area (Å²) in [5.74, 6) is -4.86. The van der Waals surface area contributed by atoms with E-state index in [1.807, 2.05) is 0 Å². The van der Waals surface area contributed by atoms with Crippen molar-refractivity contribution in [2.24, 2.45) is 0 Å². The van der Waals surface area contributed by atoms with Gasteiger partial charge in [-0.15, -0.1) is 13.2 Å². The standard InChI is InChI=1S/C11H8BrF5O2/c1-10(13,14)7-2-6(9(18)5-12)3-8(4-7)19-11(15,16)17/h2-4H,5H2,1H3. The molecule has 0 bridgehead atoms. The summed E-state index contributed by atoms with van der Waals surface area (Å²) >= 11 is 2.81. The van der Waals surface area contributed by atoms with E-state index in [2.05, 4.69) is 20.7 Å². The van der Waals surface area contributed by atoms with Crippen molar-refractivity contribution >= 4 is 21.7 Å². The van der Waals surface area contributed by atoms with Gasteiger partial charge >= 0.3 is 6.36 Å². The number of hydrogen-bond acceptors (Lipinski definition) is 2. The predicted octanol–water partition coefficient (Wildman–Crippen LogP) is 4.27. The molecule has 0 saturated carbocycles. The summed E-state index contributed by atoms with van der Waals surface area (Å²) < 4.78 is 66.1. The zero-order valence-electron chi connectivity index (χ0n) is 9.52. The van der Waals surface area contributed by atoms with Crippen LogP contribution in [-0.2, 0) is 5.92 Å². The second kappa shape index (κ2) is 5.44. The van der Waals surface area contributed by atoms with Crippen molar-refractivity contribution in [2.45, 2.75) is 19.2 Å². The van der Waals surface area contributed by atoms with Crippen LogP contribution in [0.1, 0.15) is 22.8 Å². The topological polar surface area (TPSA) is 26.3 Å². The number of rotatable bonds is 4. The Labute approximate surface area is 113 Å². The predicted molar refractivity (Wildman–Crippen MR) is 60.8 cm³/mol. The zero-order valence-corrected chi connectivity index (χ0v) is 11.1. The maximum atomic E-state index is 13.2. The summed E-state index contributed by atoms with van der Waals surface area (Å²) in [6.07, 6.45) is -5.02.